The minimum absolute atomic E-state index is 0.0979. The fraction of sp³-hybridized carbons (Fsp3) is 0.240. The molecular weight excluding hydrogens is 910 g/mol. The summed E-state index contributed by atoms with van der Waals surface area (Å²) in [6.45, 7) is 0. The van der Waals surface area contributed by atoms with Crippen LogP contribution in [0.5, 0.6) is 11.5 Å². The summed E-state index contributed by atoms with van der Waals surface area (Å²) in [6.07, 6.45) is 10.3. The summed E-state index contributed by atoms with van der Waals surface area (Å²) in [5, 5.41) is 7.47. The topological polar surface area (TPSA) is 136 Å². The first-order chi connectivity index (χ1) is 32.8. The van der Waals surface area contributed by atoms with Gasteiger partial charge in [0.2, 0.25) is 11.9 Å². The third-order valence-corrected chi connectivity index (χ3v) is 12.4. The molecule has 0 saturated carbocycles. The molecule has 0 fully saturated rings. The van der Waals surface area contributed by atoms with Crippen molar-refractivity contribution in [1.82, 2.24) is 39.0 Å². The molecule has 0 aliphatic heterocycles. The van der Waals surface area contributed by atoms with E-state index in [0.29, 0.717) is 33.7 Å². The lowest BCUT2D eigenvalue weighted by molar-refractivity contribution is 0.413. The molecule has 4 aromatic heterocycles. The Bertz CT molecular complexity index is 2880. The van der Waals surface area contributed by atoms with E-state index in [9.17, 15) is 8.78 Å². The number of aromatic nitrogens is 8. The summed E-state index contributed by atoms with van der Waals surface area (Å²) in [4.78, 5) is 31.5. The molecule has 8 aromatic rings. The van der Waals surface area contributed by atoms with Gasteiger partial charge in [0.15, 0.2) is 0 Å². The maximum absolute atomic E-state index is 13.5. The standard InChI is InChI=1S/2C25H24ClFN6O/c2*1-32(2)24-19-10-9-18(15-4-6-16(27)7-5-15)23(19)30-25(31-24)29-17-8-11-20(21(12-17)34-3)33-13-22(26)28-14-33/h2*4-8,11-14,18H,9-10H2,1-3H3,(H,29,30,31)/t2*18-/m10/s1. The Labute approximate surface area is 402 Å². The predicted octanol–water partition coefficient (Wildman–Crippen LogP) is 10.7. The van der Waals surface area contributed by atoms with Crippen molar-refractivity contribution >= 4 is 58.1 Å². The first-order valence-corrected chi connectivity index (χ1v) is 22.6. The number of anilines is 6. The van der Waals surface area contributed by atoms with Crippen LogP contribution in [0.2, 0.25) is 10.3 Å². The van der Waals surface area contributed by atoms with Crippen LogP contribution in [0, 0.1) is 11.6 Å². The highest BCUT2D eigenvalue weighted by Gasteiger charge is 2.32. The molecule has 2 atom stereocenters. The molecule has 2 aliphatic rings. The van der Waals surface area contributed by atoms with Crippen LogP contribution in [-0.4, -0.2) is 81.4 Å². The number of nitrogens with zero attached hydrogens (tertiary/aromatic N) is 10. The van der Waals surface area contributed by atoms with Crippen molar-refractivity contribution in [3.63, 3.8) is 0 Å². The van der Waals surface area contributed by atoms with Crippen LogP contribution in [0.3, 0.4) is 0 Å². The first-order valence-electron chi connectivity index (χ1n) is 21.8. The van der Waals surface area contributed by atoms with E-state index >= 15 is 0 Å². The molecular formula is C50H48Cl2F2N12O2. The van der Waals surface area contributed by atoms with Crippen LogP contribution in [0.1, 0.15) is 58.3 Å². The van der Waals surface area contributed by atoms with Crippen LogP contribution in [0.4, 0.5) is 43.7 Å². The molecule has 0 radical (unpaired) electrons. The Morgan fingerprint density at radius 3 is 1.31 bits per heavy atom. The van der Waals surface area contributed by atoms with E-state index < -0.39 is 0 Å². The van der Waals surface area contributed by atoms with Gasteiger partial charge in [0.1, 0.15) is 57.7 Å². The van der Waals surface area contributed by atoms with Crippen molar-refractivity contribution in [2.75, 3.05) is 62.8 Å². The number of nitrogens with one attached hydrogen (secondary N) is 2. The molecule has 68 heavy (non-hydrogen) atoms. The van der Waals surface area contributed by atoms with Gasteiger partial charge in [0, 0.05) is 87.1 Å². The van der Waals surface area contributed by atoms with Gasteiger partial charge in [0.25, 0.3) is 0 Å². The molecule has 14 nitrogen and oxygen atoms in total. The summed E-state index contributed by atoms with van der Waals surface area (Å²) in [6, 6.07) is 24.8. The highest BCUT2D eigenvalue weighted by Crippen LogP contribution is 2.43. The van der Waals surface area contributed by atoms with Crippen molar-refractivity contribution in [2.24, 2.45) is 0 Å². The Morgan fingerprint density at radius 2 is 0.971 bits per heavy atom. The Morgan fingerprint density at radius 1 is 0.574 bits per heavy atom. The number of methoxy groups -OCH3 is 2. The number of rotatable bonds is 12. The highest BCUT2D eigenvalue weighted by molar-refractivity contribution is 6.29. The molecule has 348 valence electrons. The Balaban J connectivity index is 0.000000170. The first kappa shape index (κ1) is 45.8. The lowest BCUT2D eigenvalue weighted by atomic mass is 9.97. The van der Waals surface area contributed by atoms with E-state index in [1.807, 2.05) is 98.7 Å². The number of hydrogen-bond donors (Lipinski definition) is 2. The van der Waals surface area contributed by atoms with Crippen LogP contribution < -0.4 is 29.9 Å². The predicted molar refractivity (Wildman–Crippen MR) is 263 cm³/mol. The lowest BCUT2D eigenvalue weighted by Gasteiger charge is -2.19. The molecule has 18 heteroatoms. The van der Waals surface area contributed by atoms with E-state index in [-0.39, 0.29) is 23.5 Å². The number of imidazole rings is 2. The smallest absolute Gasteiger partial charge is 0.229 e. The van der Waals surface area contributed by atoms with Crippen LogP contribution in [0.25, 0.3) is 11.4 Å². The van der Waals surface area contributed by atoms with Crippen molar-refractivity contribution in [1.29, 1.82) is 0 Å². The van der Waals surface area contributed by atoms with Gasteiger partial charge in [-0.25, -0.2) is 28.7 Å². The van der Waals surface area contributed by atoms with Gasteiger partial charge in [-0.15, -0.1) is 0 Å². The summed E-state index contributed by atoms with van der Waals surface area (Å²) < 4.78 is 41.8. The molecule has 0 spiro atoms. The molecule has 4 aromatic carbocycles. The summed E-state index contributed by atoms with van der Waals surface area (Å²) in [5.74, 6) is 3.78. The molecule has 0 bridgehead atoms. The van der Waals surface area contributed by atoms with Crippen LogP contribution >= 0.6 is 23.2 Å². The molecule has 10 rings (SSSR count). The van der Waals surface area contributed by atoms with E-state index in [0.717, 1.165) is 93.7 Å². The number of fused-ring (bicyclic) bond motifs is 2. The quantitative estimate of drug-likeness (QED) is 0.121. The number of benzene rings is 4. The Hall–Kier alpha value is -7.30. The zero-order valence-electron chi connectivity index (χ0n) is 38.2. The average molecular weight is 958 g/mol. The molecule has 2 aliphatic carbocycles. The van der Waals surface area contributed by atoms with E-state index in [1.165, 1.54) is 24.3 Å². The maximum atomic E-state index is 13.5. The van der Waals surface area contributed by atoms with Crippen molar-refractivity contribution in [2.45, 2.75) is 37.5 Å². The van der Waals surface area contributed by atoms with Crippen LogP contribution in [-0.2, 0) is 12.8 Å². The normalized spacial score (nSPS) is 14.7. The molecule has 2 N–H and O–H groups in total. The van der Waals surface area contributed by atoms with Gasteiger partial charge in [-0.05, 0) is 85.3 Å². The third kappa shape index (κ3) is 9.60. The van der Waals surface area contributed by atoms with Gasteiger partial charge in [-0.1, -0.05) is 47.5 Å². The third-order valence-electron chi connectivity index (χ3n) is 12.0. The van der Waals surface area contributed by atoms with Gasteiger partial charge in [-0.3, -0.25) is 0 Å². The number of halogens is 4. The molecule has 0 unspecified atom stereocenters. The van der Waals surface area contributed by atoms with E-state index in [2.05, 4.69) is 20.6 Å². The second kappa shape index (κ2) is 19.5. The monoisotopic (exact) mass is 956 g/mol. The SMILES string of the molecule is COc1cc(Nc2nc3c(c(N(C)C)n2)CC[C@@H]3c2ccc(F)cc2)ccc1-n1cnc(Cl)c1.COc1cc(Nc2nc3c(c(N(C)C)n2)CC[C@H]3c2ccc(F)cc2)ccc1-n1cnc(Cl)c1. The van der Waals surface area contributed by atoms with E-state index in [4.69, 9.17) is 52.6 Å². The fourth-order valence-electron chi connectivity index (χ4n) is 8.83. The minimum atomic E-state index is -0.239. The highest BCUT2D eigenvalue weighted by atomic mass is 35.5. The maximum Gasteiger partial charge on any atom is 0.229 e. The van der Waals surface area contributed by atoms with E-state index in [1.54, 1.807) is 48.4 Å². The van der Waals surface area contributed by atoms with Gasteiger partial charge in [0.05, 0.1) is 37.0 Å². The summed E-state index contributed by atoms with van der Waals surface area (Å²) in [7, 11) is 11.1. The van der Waals surface area contributed by atoms with Crippen molar-refractivity contribution < 1.29 is 18.3 Å². The average Bonchev–Trinajstić information content (AvgIpc) is 4.16. The van der Waals surface area contributed by atoms with Crippen molar-refractivity contribution in [3.8, 4) is 22.9 Å². The van der Waals surface area contributed by atoms with Crippen molar-refractivity contribution in [3.05, 3.63) is 166 Å². The summed E-state index contributed by atoms with van der Waals surface area (Å²) in [5.41, 5.74) is 9.53. The molecule has 0 saturated heterocycles. The zero-order valence-corrected chi connectivity index (χ0v) is 39.7. The molecule has 0 amide bonds. The van der Waals surface area contributed by atoms with Gasteiger partial charge in [-0.2, -0.15) is 9.97 Å². The fourth-order valence-corrected chi connectivity index (χ4v) is 9.13. The Kier molecular flexibility index (Phi) is 13.1. The summed E-state index contributed by atoms with van der Waals surface area (Å²) >= 11 is 11.9. The minimum Gasteiger partial charge on any atom is -0.494 e. The van der Waals surface area contributed by atoms with Crippen LogP contribution in [0.15, 0.2) is 110 Å². The van der Waals surface area contributed by atoms with Gasteiger partial charge < -0.3 is 39.0 Å². The number of ether oxygens (including phenoxy) is 2. The molecule has 4 heterocycles. The second-order valence-corrected chi connectivity index (χ2v) is 17.5. The lowest BCUT2D eigenvalue weighted by Crippen LogP contribution is -2.16. The van der Waals surface area contributed by atoms with Gasteiger partial charge >= 0.3 is 0 Å². The zero-order chi connectivity index (χ0) is 47.6. The second-order valence-electron chi connectivity index (χ2n) is 16.8. The number of hydrogen-bond acceptors (Lipinski definition) is 12. The largest absolute Gasteiger partial charge is 0.494 e.